The molecule has 0 unspecified atom stereocenters. The van der Waals surface area contributed by atoms with E-state index in [4.69, 9.17) is 14.2 Å². The lowest BCUT2D eigenvalue weighted by Crippen LogP contribution is -2.31. The average Bonchev–Trinajstić information content (AvgIpc) is 2.84. The third kappa shape index (κ3) is 6.26. The summed E-state index contributed by atoms with van der Waals surface area (Å²) in [6.07, 6.45) is 3.85. The zero-order valence-corrected chi connectivity index (χ0v) is 19.0. The van der Waals surface area contributed by atoms with Crippen LogP contribution >= 0.6 is 0 Å². The van der Waals surface area contributed by atoms with E-state index in [1.54, 1.807) is 38.6 Å². The predicted octanol–water partition coefficient (Wildman–Crippen LogP) is 3.62. The Morgan fingerprint density at radius 1 is 1.00 bits per heavy atom. The normalized spacial score (nSPS) is 11.1. The molecular formula is C26H28N2O5. The van der Waals surface area contributed by atoms with Gasteiger partial charge in [0.25, 0.3) is 11.5 Å². The van der Waals surface area contributed by atoms with E-state index in [1.165, 1.54) is 10.6 Å². The molecule has 0 atom stereocenters. The van der Waals surface area contributed by atoms with E-state index in [-0.39, 0.29) is 17.2 Å². The van der Waals surface area contributed by atoms with Gasteiger partial charge in [0.15, 0.2) is 11.5 Å². The highest BCUT2D eigenvalue weighted by Gasteiger charge is 2.13. The Kier molecular flexibility index (Phi) is 8.30. The van der Waals surface area contributed by atoms with Gasteiger partial charge < -0.3 is 19.5 Å². The summed E-state index contributed by atoms with van der Waals surface area (Å²) in [6.45, 7) is 2.87. The SMILES string of the molecule is CCOc1ccc(C=C(C(=O)NCCc2ccc(OC)c(OC)c2)n2ccccc2=O)cc1. The van der Waals surface area contributed by atoms with Crippen LogP contribution in [0.3, 0.4) is 0 Å². The van der Waals surface area contributed by atoms with Crippen molar-refractivity contribution >= 4 is 17.7 Å². The van der Waals surface area contributed by atoms with Crippen molar-refractivity contribution in [3.8, 4) is 17.2 Å². The molecule has 3 aromatic rings. The Bertz CT molecular complexity index is 1170. The number of carbonyl (C=O) groups excluding carboxylic acids is 1. The summed E-state index contributed by atoms with van der Waals surface area (Å²) in [6, 6.07) is 17.7. The highest BCUT2D eigenvalue weighted by Crippen LogP contribution is 2.27. The first-order valence-electron chi connectivity index (χ1n) is 10.7. The Morgan fingerprint density at radius 2 is 1.76 bits per heavy atom. The summed E-state index contributed by atoms with van der Waals surface area (Å²) in [5.74, 6) is 1.67. The Balaban J connectivity index is 1.78. The van der Waals surface area contributed by atoms with Crippen molar-refractivity contribution in [2.24, 2.45) is 0 Å². The molecule has 172 valence electrons. The summed E-state index contributed by atoms with van der Waals surface area (Å²) < 4.78 is 17.4. The number of rotatable bonds is 10. The van der Waals surface area contributed by atoms with Gasteiger partial charge in [0.1, 0.15) is 11.4 Å². The second-order valence-corrected chi connectivity index (χ2v) is 7.14. The van der Waals surface area contributed by atoms with E-state index >= 15 is 0 Å². The van der Waals surface area contributed by atoms with Crippen LogP contribution in [0.1, 0.15) is 18.1 Å². The molecule has 0 fully saturated rings. The third-order valence-electron chi connectivity index (χ3n) is 4.96. The summed E-state index contributed by atoms with van der Waals surface area (Å²) >= 11 is 0. The summed E-state index contributed by atoms with van der Waals surface area (Å²) in [7, 11) is 3.17. The Morgan fingerprint density at radius 3 is 2.42 bits per heavy atom. The number of carbonyl (C=O) groups is 1. The van der Waals surface area contributed by atoms with Crippen molar-refractivity contribution in [2.45, 2.75) is 13.3 Å². The number of aromatic nitrogens is 1. The molecule has 2 aromatic carbocycles. The molecule has 7 heteroatoms. The van der Waals surface area contributed by atoms with Crippen molar-refractivity contribution in [3.63, 3.8) is 0 Å². The van der Waals surface area contributed by atoms with Crippen LogP contribution in [0.5, 0.6) is 17.2 Å². The predicted molar refractivity (Wildman–Crippen MR) is 129 cm³/mol. The standard InChI is InChI=1S/C26H28N2O5/c1-4-33-21-11-8-19(9-12-21)17-22(28-16-6-5-7-25(28)29)26(30)27-15-14-20-10-13-23(31-2)24(18-20)32-3/h5-13,16-18H,4,14-15H2,1-3H3,(H,27,30). The van der Waals surface area contributed by atoms with Crippen LogP contribution in [0.25, 0.3) is 11.8 Å². The van der Waals surface area contributed by atoms with Crippen LogP contribution in [-0.2, 0) is 11.2 Å². The van der Waals surface area contributed by atoms with Crippen LogP contribution in [0.4, 0.5) is 0 Å². The van der Waals surface area contributed by atoms with Gasteiger partial charge in [0.2, 0.25) is 0 Å². The van der Waals surface area contributed by atoms with E-state index in [2.05, 4.69) is 5.32 Å². The molecule has 0 bridgehead atoms. The number of ether oxygens (including phenoxy) is 3. The van der Waals surface area contributed by atoms with E-state index in [0.29, 0.717) is 31.1 Å². The molecule has 0 saturated heterocycles. The van der Waals surface area contributed by atoms with Crippen molar-refractivity contribution in [1.82, 2.24) is 9.88 Å². The smallest absolute Gasteiger partial charge is 0.268 e. The van der Waals surface area contributed by atoms with Crippen molar-refractivity contribution in [1.29, 1.82) is 0 Å². The second-order valence-electron chi connectivity index (χ2n) is 7.14. The van der Waals surface area contributed by atoms with Crippen LogP contribution < -0.4 is 25.1 Å². The number of nitrogens with one attached hydrogen (secondary N) is 1. The van der Waals surface area contributed by atoms with E-state index in [1.807, 2.05) is 49.4 Å². The molecule has 0 radical (unpaired) electrons. The molecule has 0 aliphatic carbocycles. The van der Waals surface area contributed by atoms with E-state index in [9.17, 15) is 9.59 Å². The fourth-order valence-electron chi connectivity index (χ4n) is 3.30. The van der Waals surface area contributed by atoms with Gasteiger partial charge in [-0.15, -0.1) is 0 Å². The van der Waals surface area contributed by atoms with Crippen molar-refractivity contribution in [3.05, 3.63) is 88.3 Å². The van der Waals surface area contributed by atoms with Gasteiger partial charge in [-0.1, -0.05) is 24.3 Å². The molecule has 7 nitrogen and oxygen atoms in total. The first-order valence-corrected chi connectivity index (χ1v) is 10.7. The number of hydrogen-bond acceptors (Lipinski definition) is 5. The molecular weight excluding hydrogens is 420 g/mol. The lowest BCUT2D eigenvalue weighted by atomic mass is 10.1. The molecule has 0 aliphatic heterocycles. The van der Waals surface area contributed by atoms with Crippen LogP contribution in [-0.4, -0.2) is 37.8 Å². The number of nitrogens with zero attached hydrogens (tertiary/aromatic N) is 1. The topological polar surface area (TPSA) is 78.8 Å². The Hall–Kier alpha value is -4.00. The van der Waals surface area contributed by atoms with Gasteiger partial charge in [-0.05, 0) is 60.9 Å². The van der Waals surface area contributed by atoms with Gasteiger partial charge in [0, 0.05) is 18.8 Å². The van der Waals surface area contributed by atoms with Gasteiger partial charge in [-0.3, -0.25) is 14.2 Å². The molecule has 0 aliphatic rings. The van der Waals surface area contributed by atoms with E-state index in [0.717, 1.165) is 16.9 Å². The fourth-order valence-corrected chi connectivity index (χ4v) is 3.30. The zero-order chi connectivity index (χ0) is 23.6. The van der Waals surface area contributed by atoms with Crippen molar-refractivity contribution in [2.75, 3.05) is 27.4 Å². The minimum absolute atomic E-state index is 0.233. The molecule has 3 rings (SSSR count). The number of benzene rings is 2. The quantitative estimate of drug-likeness (QED) is 0.479. The number of pyridine rings is 1. The van der Waals surface area contributed by atoms with Gasteiger partial charge in [-0.2, -0.15) is 0 Å². The number of methoxy groups -OCH3 is 2. The van der Waals surface area contributed by atoms with Gasteiger partial charge >= 0.3 is 0 Å². The maximum absolute atomic E-state index is 13.1. The number of hydrogen-bond donors (Lipinski definition) is 1. The average molecular weight is 449 g/mol. The molecule has 33 heavy (non-hydrogen) atoms. The third-order valence-corrected chi connectivity index (χ3v) is 4.96. The fraction of sp³-hybridized carbons (Fsp3) is 0.231. The molecule has 0 saturated carbocycles. The summed E-state index contributed by atoms with van der Waals surface area (Å²) in [4.78, 5) is 25.5. The molecule has 1 N–H and O–H groups in total. The minimum atomic E-state index is -0.349. The van der Waals surface area contributed by atoms with Gasteiger partial charge in [-0.25, -0.2) is 0 Å². The van der Waals surface area contributed by atoms with Crippen LogP contribution in [0, 0.1) is 0 Å². The van der Waals surface area contributed by atoms with Crippen molar-refractivity contribution < 1.29 is 19.0 Å². The monoisotopic (exact) mass is 448 g/mol. The summed E-state index contributed by atoms with van der Waals surface area (Å²) in [5.41, 5.74) is 1.71. The molecule has 1 heterocycles. The van der Waals surface area contributed by atoms with Crippen LogP contribution in [0.15, 0.2) is 71.7 Å². The highest BCUT2D eigenvalue weighted by atomic mass is 16.5. The Labute approximate surface area is 193 Å². The second kappa shape index (κ2) is 11.6. The largest absolute Gasteiger partial charge is 0.494 e. The summed E-state index contributed by atoms with van der Waals surface area (Å²) in [5, 5.41) is 2.91. The maximum Gasteiger partial charge on any atom is 0.268 e. The minimum Gasteiger partial charge on any atom is -0.494 e. The molecule has 0 spiro atoms. The zero-order valence-electron chi connectivity index (χ0n) is 19.0. The maximum atomic E-state index is 13.1. The molecule has 1 amide bonds. The van der Waals surface area contributed by atoms with Crippen LogP contribution in [0.2, 0.25) is 0 Å². The lowest BCUT2D eigenvalue weighted by Gasteiger charge is -2.13. The first kappa shape index (κ1) is 23.7. The first-order chi connectivity index (χ1) is 16.0. The van der Waals surface area contributed by atoms with E-state index < -0.39 is 0 Å². The number of amides is 1. The van der Waals surface area contributed by atoms with Gasteiger partial charge in [0.05, 0.1) is 20.8 Å². The lowest BCUT2D eigenvalue weighted by molar-refractivity contribution is -0.115. The highest BCUT2D eigenvalue weighted by molar-refractivity contribution is 6.18. The molecule has 1 aromatic heterocycles.